The van der Waals surface area contributed by atoms with Crippen LogP contribution < -0.4 is 15.4 Å². The number of nitrogens with one attached hydrogen (secondary N) is 2. The molecular weight excluding hydrogens is 394 g/mol. The Hall–Kier alpha value is -3.56. The molecule has 0 aliphatic heterocycles. The molecule has 1 amide bonds. The van der Waals surface area contributed by atoms with Gasteiger partial charge in [0, 0.05) is 18.8 Å². The van der Waals surface area contributed by atoms with Crippen LogP contribution in [0.5, 0.6) is 5.75 Å². The van der Waals surface area contributed by atoms with Crippen molar-refractivity contribution in [2.24, 2.45) is 0 Å². The van der Waals surface area contributed by atoms with E-state index in [9.17, 15) is 13.6 Å². The normalized spacial score (nSPS) is 13.3. The van der Waals surface area contributed by atoms with E-state index in [-0.39, 0.29) is 11.4 Å². The Morgan fingerprint density at radius 3 is 2.83 bits per heavy atom. The van der Waals surface area contributed by atoms with Crippen LogP contribution in [-0.4, -0.2) is 46.0 Å². The van der Waals surface area contributed by atoms with Crippen molar-refractivity contribution in [2.75, 3.05) is 19.0 Å². The highest BCUT2D eigenvalue weighted by Crippen LogP contribution is 2.37. The summed E-state index contributed by atoms with van der Waals surface area (Å²) in [6, 6.07) is 7.23. The van der Waals surface area contributed by atoms with Gasteiger partial charge in [-0.3, -0.25) is 9.48 Å². The van der Waals surface area contributed by atoms with E-state index in [1.165, 1.54) is 13.2 Å². The second-order valence-corrected chi connectivity index (χ2v) is 6.85. The number of benzene rings is 1. The molecule has 0 saturated heterocycles. The summed E-state index contributed by atoms with van der Waals surface area (Å²) in [4.78, 5) is 12.0. The van der Waals surface area contributed by atoms with Crippen LogP contribution in [-0.2, 0) is 0 Å². The van der Waals surface area contributed by atoms with Gasteiger partial charge in [0.2, 0.25) is 0 Å². The van der Waals surface area contributed by atoms with E-state index in [4.69, 9.17) is 4.74 Å². The number of halogens is 2. The number of carbonyl (C=O) groups is 1. The Morgan fingerprint density at radius 2 is 2.10 bits per heavy atom. The summed E-state index contributed by atoms with van der Waals surface area (Å²) in [6.07, 6.45) is 4.71. The second kappa shape index (κ2) is 8.44. The lowest BCUT2D eigenvalue weighted by atomic mass is 10.1. The van der Waals surface area contributed by atoms with Crippen LogP contribution in [0.4, 0.5) is 20.2 Å². The molecule has 3 aromatic rings. The molecule has 8 nitrogen and oxygen atoms in total. The van der Waals surface area contributed by atoms with E-state index < -0.39 is 18.9 Å². The lowest BCUT2D eigenvalue weighted by molar-refractivity contribution is 0.0823. The van der Waals surface area contributed by atoms with Gasteiger partial charge in [0.15, 0.2) is 5.69 Å². The van der Waals surface area contributed by atoms with E-state index in [2.05, 4.69) is 25.9 Å². The summed E-state index contributed by atoms with van der Waals surface area (Å²) in [6.45, 7) is -0.754. The molecule has 2 N–H and O–H groups in total. The molecule has 10 heteroatoms. The fourth-order valence-corrected chi connectivity index (χ4v) is 2.97. The number of nitrogens with zero attached hydrogens (tertiary/aromatic N) is 4. The summed E-state index contributed by atoms with van der Waals surface area (Å²) in [5.41, 5.74) is 2.53. The van der Waals surface area contributed by atoms with E-state index in [0.29, 0.717) is 17.4 Å². The minimum atomic E-state index is -2.62. The van der Waals surface area contributed by atoms with Crippen LogP contribution in [0.2, 0.25) is 0 Å². The van der Waals surface area contributed by atoms with Crippen molar-refractivity contribution in [3.8, 4) is 16.9 Å². The lowest BCUT2D eigenvalue weighted by Crippen LogP contribution is -2.21. The van der Waals surface area contributed by atoms with Crippen molar-refractivity contribution in [2.45, 2.75) is 25.3 Å². The van der Waals surface area contributed by atoms with Gasteiger partial charge in [0.25, 0.3) is 12.3 Å². The molecule has 2 aromatic heterocycles. The van der Waals surface area contributed by atoms with E-state index in [1.807, 2.05) is 16.9 Å². The number of amides is 1. The molecule has 0 atom stereocenters. The first-order valence-electron chi connectivity index (χ1n) is 9.45. The van der Waals surface area contributed by atoms with Crippen molar-refractivity contribution in [1.82, 2.24) is 25.3 Å². The topological polar surface area (TPSA) is 94.0 Å². The molecule has 0 unspecified atom stereocenters. The Labute approximate surface area is 171 Å². The second-order valence-electron chi connectivity index (χ2n) is 6.85. The van der Waals surface area contributed by atoms with Gasteiger partial charge in [0.1, 0.15) is 12.4 Å². The Bertz CT molecular complexity index is 1050. The third kappa shape index (κ3) is 4.37. The van der Waals surface area contributed by atoms with Gasteiger partial charge >= 0.3 is 0 Å². The van der Waals surface area contributed by atoms with Gasteiger partial charge in [-0.2, -0.15) is 10.2 Å². The van der Waals surface area contributed by atoms with Crippen molar-refractivity contribution < 1.29 is 18.3 Å². The van der Waals surface area contributed by atoms with Crippen molar-refractivity contribution in [3.05, 3.63) is 48.5 Å². The zero-order valence-electron chi connectivity index (χ0n) is 16.2. The summed E-state index contributed by atoms with van der Waals surface area (Å²) in [5, 5.41) is 17.5. The third-order valence-corrected chi connectivity index (χ3v) is 4.63. The van der Waals surface area contributed by atoms with Crippen molar-refractivity contribution >= 4 is 17.3 Å². The van der Waals surface area contributed by atoms with Crippen LogP contribution in [0.1, 0.15) is 29.4 Å². The first-order chi connectivity index (χ1) is 14.5. The Balaban J connectivity index is 1.65. The number of carbonyl (C=O) groups excluding carboxylic acids is 1. The summed E-state index contributed by atoms with van der Waals surface area (Å²) in [5.74, 6) is -0.198. The predicted octanol–water partition coefficient (Wildman–Crippen LogP) is 3.42. The van der Waals surface area contributed by atoms with Crippen molar-refractivity contribution in [3.63, 3.8) is 0 Å². The molecule has 0 radical (unpaired) electrons. The molecule has 1 fully saturated rings. The zero-order valence-corrected chi connectivity index (χ0v) is 16.2. The first kappa shape index (κ1) is 19.7. The standard InChI is InChI=1S/C20H20F2N6O2/c1-23-20(29)19-16(6-7-24-27-19)26-15-5-2-12(8-17(15)30-11-18(21)22)13-9-25-28(10-13)14-3-4-14/h2,5-10,14,18H,3-4,11H2,1H3,(H,23,29)(H,24,26). The van der Waals surface area contributed by atoms with Gasteiger partial charge in [-0.25, -0.2) is 8.78 Å². The highest BCUT2D eigenvalue weighted by Gasteiger charge is 2.24. The number of ether oxygens (including phenoxy) is 1. The minimum Gasteiger partial charge on any atom is -0.485 e. The monoisotopic (exact) mass is 414 g/mol. The largest absolute Gasteiger partial charge is 0.485 e. The average Bonchev–Trinajstić information content (AvgIpc) is 3.49. The van der Waals surface area contributed by atoms with Gasteiger partial charge in [-0.05, 0) is 36.6 Å². The molecule has 4 rings (SSSR count). The fraction of sp³-hybridized carbons (Fsp3) is 0.300. The zero-order chi connectivity index (χ0) is 21.1. The molecule has 30 heavy (non-hydrogen) atoms. The third-order valence-electron chi connectivity index (χ3n) is 4.63. The average molecular weight is 414 g/mol. The molecule has 1 aromatic carbocycles. The first-order valence-corrected chi connectivity index (χ1v) is 9.45. The molecular formula is C20H20F2N6O2. The molecule has 0 spiro atoms. The summed E-state index contributed by atoms with van der Waals surface area (Å²) < 4.78 is 32.8. The lowest BCUT2D eigenvalue weighted by Gasteiger charge is -2.15. The highest BCUT2D eigenvalue weighted by molar-refractivity contribution is 5.98. The summed E-state index contributed by atoms with van der Waals surface area (Å²) in [7, 11) is 1.48. The van der Waals surface area contributed by atoms with Gasteiger partial charge in [0.05, 0.1) is 29.8 Å². The number of rotatable bonds is 8. The smallest absolute Gasteiger partial charge is 0.273 e. The summed E-state index contributed by atoms with van der Waals surface area (Å²) >= 11 is 0. The molecule has 2 heterocycles. The number of aromatic nitrogens is 4. The molecule has 1 aliphatic carbocycles. The molecule has 156 valence electrons. The van der Waals surface area contributed by atoms with Gasteiger partial charge in [-0.15, -0.1) is 5.10 Å². The van der Waals surface area contributed by atoms with Gasteiger partial charge < -0.3 is 15.4 Å². The number of anilines is 2. The SMILES string of the molecule is CNC(=O)c1nnccc1Nc1ccc(-c2cnn(C3CC3)c2)cc1OCC(F)F. The van der Waals surface area contributed by atoms with Gasteiger partial charge in [-0.1, -0.05) is 6.07 Å². The fourth-order valence-electron chi connectivity index (χ4n) is 2.97. The van der Waals surface area contributed by atoms with Crippen LogP contribution in [0.15, 0.2) is 42.9 Å². The van der Waals surface area contributed by atoms with Crippen molar-refractivity contribution in [1.29, 1.82) is 0 Å². The number of hydrogen-bond donors (Lipinski definition) is 2. The van der Waals surface area contributed by atoms with Crippen LogP contribution in [0, 0.1) is 0 Å². The maximum Gasteiger partial charge on any atom is 0.273 e. The number of hydrogen-bond acceptors (Lipinski definition) is 6. The molecule has 1 saturated carbocycles. The maximum absolute atomic E-state index is 12.8. The molecule has 0 bridgehead atoms. The Morgan fingerprint density at radius 1 is 1.27 bits per heavy atom. The molecule has 1 aliphatic rings. The van der Waals surface area contributed by atoms with Crippen LogP contribution in [0.3, 0.4) is 0 Å². The van der Waals surface area contributed by atoms with Crippen LogP contribution in [0.25, 0.3) is 11.1 Å². The minimum absolute atomic E-state index is 0.0783. The maximum atomic E-state index is 12.8. The predicted molar refractivity (Wildman–Crippen MR) is 106 cm³/mol. The number of alkyl halides is 2. The highest BCUT2D eigenvalue weighted by atomic mass is 19.3. The van der Waals surface area contributed by atoms with Crippen LogP contribution >= 0.6 is 0 Å². The Kier molecular flexibility index (Phi) is 5.55. The van der Waals surface area contributed by atoms with E-state index >= 15 is 0 Å². The quantitative estimate of drug-likeness (QED) is 0.587. The van der Waals surface area contributed by atoms with E-state index in [0.717, 1.165) is 24.0 Å². The van der Waals surface area contributed by atoms with E-state index in [1.54, 1.807) is 24.4 Å².